The van der Waals surface area contributed by atoms with Crippen molar-refractivity contribution in [3.05, 3.63) is 34.3 Å². The Morgan fingerprint density at radius 1 is 1.25 bits per heavy atom. The number of thioether (sulfide) groups is 1. The maximum Gasteiger partial charge on any atom is 0.0210 e. The molecule has 1 nitrogen and oxygen atoms in total. The van der Waals surface area contributed by atoms with E-state index in [-0.39, 0.29) is 0 Å². The van der Waals surface area contributed by atoms with Crippen molar-refractivity contribution in [1.29, 1.82) is 0 Å². The number of halogens is 1. The monoisotopic (exact) mass is 353 g/mol. The molecular formula is C17H24BrNS. The molecule has 3 heteroatoms. The first kappa shape index (κ1) is 14.9. The van der Waals surface area contributed by atoms with E-state index in [1.54, 1.807) is 0 Å². The Hall–Kier alpha value is 0.01000. The van der Waals surface area contributed by atoms with E-state index >= 15 is 0 Å². The molecule has 2 heterocycles. The van der Waals surface area contributed by atoms with Crippen molar-refractivity contribution in [2.75, 3.05) is 24.6 Å². The summed E-state index contributed by atoms with van der Waals surface area (Å²) in [6, 6.07) is 8.82. The van der Waals surface area contributed by atoms with E-state index in [1.165, 1.54) is 40.9 Å². The minimum Gasteiger partial charge on any atom is -0.316 e. The van der Waals surface area contributed by atoms with Gasteiger partial charge in [0.2, 0.25) is 0 Å². The van der Waals surface area contributed by atoms with Gasteiger partial charge in [-0.15, -0.1) is 0 Å². The maximum absolute atomic E-state index is 3.78. The smallest absolute Gasteiger partial charge is 0.0210 e. The lowest BCUT2D eigenvalue weighted by molar-refractivity contribution is 0.0252. The Morgan fingerprint density at radius 3 is 2.80 bits per heavy atom. The van der Waals surface area contributed by atoms with Gasteiger partial charge in [-0.05, 0) is 47.6 Å². The van der Waals surface area contributed by atoms with Gasteiger partial charge in [-0.1, -0.05) is 48.0 Å². The molecule has 20 heavy (non-hydrogen) atoms. The van der Waals surface area contributed by atoms with Crippen LogP contribution in [0.4, 0.5) is 0 Å². The van der Waals surface area contributed by atoms with Crippen LogP contribution in [0.5, 0.6) is 0 Å². The fourth-order valence-corrected chi connectivity index (χ4v) is 6.56. The van der Waals surface area contributed by atoms with Gasteiger partial charge in [-0.2, -0.15) is 11.8 Å². The van der Waals surface area contributed by atoms with Crippen LogP contribution in [-0.2, 0) is 0 Å². The fraction of sp³-hybridized carbons (Fsp3) is 0.647. The largest absolute Gasteiger partial charge is 0.316 e. The first-order valence-electron chi connectivity index (χ1n) is 7.60. The summed E-state index contributed by atoms with van der Waals surface area (Å²) in [6.07, 6.45) is 2.65. The third kappa shape index (κ3) is 2.36. The van der Waals surface area contributed by atoms with E-state index in [1.807, 2.05) is 0 Å². The summed E-state index contributed by atoms with van der Waals surface area (Å²) < 4.78 is 1.28. The lowest BCUT2D eigenvalue weighted by atomic mass is 9.54. The Balaban J connectivity index is 2.05. The summed E-state index contributed by atoms with van der Waals surface area (Å²) in [5.41, 5.74) is 2.36. The fourth-order valence-electron chi connectivity index (χ4n) is 4.10. The molecule has 2 aliphatic heterocycles. The van der Waals surface area contributed by atoms with Gasteiger partial charge in [0, 0.05) is 22.7 Å². The van der Waals surface area contributed by atoms with Crippen molar-refractivity contribution in [2.45, 2.75) is 32.6 Å². The van der Waals surface area contributed by atoms with Crippen LogP contribution in [0.25, 0.3) is 0 Å². The van der Waals surface area contributed by atoms with Crippen LogP contribution in [0, 0.1) is 10.8 Å². The Labute approximate surface area is 135 Å². The third-order valence-electron chi connectivity index (χ3n) is 5.62. The maximum atomic E-state index is 3.78. The highest BCUT2D eigenvalue weighted by atomic mass is 79.9. The van der Waals surface area contributed by atoms with Crippen molar-refractivity contribution < 1.29 is 0 Å². The molecular weight excluding hydrogens is 330 g/mol. The van der Waals surface area contributed by atoms with Crippen LogP contribution in [0.1, 0.15) is 38.2 Å². The van der Waals surface area contributed by atoms with Crippen molar-refractivity contribution in [2.24, 2.45) is 10.8 Å². The van der Waals surface area contributed by atoms with Crippen LogP contribution in [-0.4, -0.2) is 24.6 Å². The van der Waals surface area contributed by atoms with Gasteiger partial charge >= 0.3 is 0 Å². The van der Waals surface area contributed by atoms with E-state index in [0.29, 0.717) is 16.7 Å². The molecule has 0 aromatic heterocycles. The number of hydrogen-bond acceptors (Lipinski definition) is 2. The molecule has 2 aliphatic rings. The molecule has 0 radical (unpaired) electrons. The average molecular weight is 354 g/mol. The van der Waals surface area contributed by atoms with Crippen molar-refractivity contribution in [3.8, 4) is 0 Å². The first-order chi connectivity index (χ1) is 9.57. The van der Waals surface area contributed by atoms with Crippen LogP contribution in [0.3, 0.4) is 0 Å². The minimum absolute atomic E-state index is 0.431. The quantitative estimate of drug-likeness (QED) is 0.786. The SMILES string of the molecule is CC1(C)CCSCC12CCNCC2c1ccccc1Br. The second kappa shape index (κ2) is 5.66. The van der Waals surface area contributed by atoms with E-state index in [0.717, 1.165) is 6.54 Å². The van der Waals surface area contributed by atoms with Crippen LogP contribution in [0.15, 0.2) is 28.7 Å². The Morgan fingerprint density at radius 2 is 2.05 bits per heavy atom. The third-order valence-corrected chi connectivity index (χ3v) is 7.56. The van der Waals surface area contributed by atoms with Gasteiger partial charge in [0.15, 0.2) is 0 Å². The van der Waals surface area contributed by atoms with Crippen LogP contribution < -0.4 is 5.32 Å². The van der Waals surface area contributed by atoms with Crippen molar-refractivity contribution >= 4 is 27.7 Å². The molecule has 1 aromatic rings. The van der Waals surface area contributed by atoms with Crippen molar-refractivity contribution in [1.82, 2.24) is 5.32 Å². The lowest BCUT2D eigenvalue weighted by Crippen LogP contribution is -2.54. The molecule has 0 aliphatic carbocycles. The summed E-state index contributed by atoms with van der Waals surface area (Å²) >= 11 is 5.95. The van der Waals surface area contributed by atoms with Crippen molar-refractivity contribution in [3.63, 3.8) is 0 Å². The summed E-state index contributed by atoms with van der Waals surface area (Å²) in [4.78, 5) is 0. The van der Waals surface area contributed by atoms with Gasteiger partial charge in [-0.3, -0.25) is 0 Å². The molecule has 110 valence electrons. The number of nitrogens with one attached hydrogen (secondary N) is 1. The zero-order chi connectivity index (χ0) is 14.2. The molecule has 0 bridgehead atoms. The molecule has 3 rings (SSSR count). The van der Waals surface area contributed by atoms with E-state index in [4.69, 9.17) is 0 Å². The molecule has 2 saturated heterocycles. The average Bonchev–Trinajstić information content (AvgIpc) is 2.44. The lowest BCUT2D eigenvalue weighted by Gasteiger charge is -2.57. The van der Waals surface area contributed by atoms with Gasteiger partial charge in [-0.25, -0.2) is 0 Å². The first-order valence-corrected chi connectivity index (χ1v) is 9.54. The number of piperidine rings is 1. The zero-order valence-corrected chi connectivity index (χ0v) is 14.8. The molecule has 2 unspecified atom stereocenters. The second-order valence-corrected chi connectivity index (χ2v) is 8.83. The summed E-state index contributed by atoms with van der Waals surface area (Å²) in [5.74, 6) is 3.26. The minimum atomic E-state index is 0.431. The van der Waals surface area contributed by atoms with Gasteiger partial charge in [0.1, 0.15) is 0 Å². The Bertz CT molecular complexity index is 482. The highest BCUT2D eigenvalue weighted by molar-refractivity contribution is 9.10. The van der Waals surface area contributed by atoms with E-state index < -0.39 is 0 Å². The van der Waals surface area contributed by atoms with Gasteiger partial charge < -0.3 is 5.32 Å². The molecule has 2 atom stereocenters. The topological polar surface area (TPSA) is 12.0 Å². The molecule has 1 aromatic carbocycles. The molecule has 2 fully saturated rings. The standard InChI is InChI=1S/C17H24BrNS/c1-16(2)8-10-20-12-17(16)7-9-19-11-14(17)13-5-3-4-6-15(13)18/h3-6,14,19H,7-12H2,1-2H3. The summed E-state index contributed by atoms with van der Waals surface area (Å²) in [6.45, 7) is 7.29. The number of hydrogen-bond donors (Lipinski definition) is 1. The summed E-state index contributed by atoms with van der Waals surface area (Å²) in [5, 5.41) is 3.64. The zero-order valence-electron chi connectivity index (χ0n) is 12.4. The Kier molecular flexibility index (Phi) is 4.22. The van der Waals surface area contributed by atoms with Gasteiger partial charge in [0.05, 0.1) is 0 Å². The van der Waals surface area contributed by atoms with Gasteiger partial charge in [0.25, 0.3) is 0 Å². The molecule has 0 saturated carbocycles. The van der Waals surface area contributed by atoms with E-state index in [2.05, 4.69) is 71.1 Å². The second-order valence-electron chi connectivity index (χ2n) is 6.87. The van der Waals surface area contributed by atoms with Crippen LogP contribution in [0.2, 0.25) is 0 Å². The number of rotatable bonds is 1. The molecule has 1 N–H and O–H groups in total. The van der Waals surface area contributed by atoms with Crippen LogP contribution >= 0.6 is 27.7 Å². The van der Waals surface area contributed by atoms with E-state index in [9.17, 15) is 0 Å². The normalized spacial score (nSPS) is 33.2. The predicted molar refractivity (Wildman–Crippen MR) is 92.5 cm³/mol. The molecule has 1 spiro atoms. The summed E-state index contributed by atoms with van der Waals surface area (Å²) in [7, 11) is 0. The predicted octanol–water partition coefficient (Wildman–Crippen LogP) is 4.68. The highest BCUT2D eigenvalue weighted by Gasteiger charge is 2.53. The highest BCUT2D eigenvalue weighted by Crippen LogP contribution is 2.59. The molecule has 0 amide bonds. The number of benzene rings is 1.